The number of halogens is 1. The zero-order valence-corrected chi connectivity index (χ0v) is 15.4. The maximum atomic E-state index is 12.6. The summed E-state index contributed by atoms with van der Waals surface area (Å²) in [7, 11) is 1.77. The molecule has 7 heteroatoms. The number of aromatic amines is 1. The molecule has 0 aliphatic carbocycles. The number of H-pyrrole nitrogens is 1. The Balaban J connectivity index is 1.68. The molecule has 0 aliphatic heterocycles. The molecule has 1 unspecified atom stereocenters. The summed E-state index contributed by atoms with van der Waals surface area (Å²) in [6.45, 7) is 1.85. The summed E-state index contributed by atoms with van der Waals surface area (Å²) in [5, 5.41) is 7.99. The highest BCUT2D eigenvalue weighted by Gasteiger charge is 2.21. The maximum absolute atomic E-state index is 12.6. The predicted molar refractivity (Wildman–Crippen MR) is 102 cm³/mol. The Morgan fingerprint density at radius 1 is 1.16 bits per heavy atom. The molecule has 1 heterocycles. The van der Waals surface area contributed by atoms with Gasteiger partial charge in [-0.05, 0) is 43.3 Å². The monoisotopic (exact) mass is 372 g/mol. The number of benzene rings is 2. The fraction of sp³-hybridized carbons (Fsp3) is 0.167. The van der Waals surface area contributed by atoms with E-state index >= 15 is 0 Å². The van der Waals surface area contributed by atoms with Gasteiger partial charge in [0.1, 0.15) is 0 Å². The van der Waals surface area contributed by atoms with Crippen LogP contribution in [-0.4, -0.2) is 33.4 Å². The number of anilines is 1. The van der Waals surface area contributed by atoms with E-state index in [4.69, 9.17) is 11.6 Å². The second-order valence-corrected chi connectivity index (χ2v) is 7.21. The van der Waals surface area contributed by atoms with Gasteiger partial charge in [0.2, 0.25) is 11.1 Å². The maximum Gasteiger partial charge on any atom is 0.240 e. The predicted octanol–water partition coefficient (Wildman–Crippen LogP) is 4.27. The summed E-state index contributed by atoms with van der Waals surface area (Å²) < 4.78 is 0. The van der Waals surface area contributed by atoms with E-state index in [0.29, 0.717) is 16.0 Å². The van der Waals surface area contributed by atoms with Crippen LogP contribution in [0.4, 0.5) is 5.69 Å². The average Bonchev–Trinajstić information content (AvgIpc) is 3.10. The summed E-state index contributed by atoms with van der Waals surface area (Å²) in [4.78, 5) is 18.7. The largest absolute Gasteiger partial charge is 0.315 e. The van der Waals surface area contributed by atoms with Gasteiger partial charge in [-0.3, -0.25) is 9.89 Å². The van der Waals surface area contributed by atoms with Crippen molar-refractivity contribution in [3.63, 3.8) is 0 Å². The third-order valence-electron chi connectivity index (χ3n) is 3.69. The SMILES string of the molecule is CC(Sc1n[nH]c(-c2ccc(Cl)cc2)n1)C(=O)N(C)c1ccccc1. The van der Waals surface area contributed by atoms with Gasteiger partial charge in [0.15, 0.2) is 5.82 Å². The summed E-state index contributed by atoms with van der Waals surface area (Å²) in [6.07, 6.45) is 0. The van der Waals surface area contributed by atoms with Crippen LogP contribution in [0.2, 0.25) is 5.02 Å². The number of hydrogen-bond donors (Lipinski definition) is 1. The number of amides is 1. The Kier molecular flexibility index (Phi) is 5.40. The van der Waals surface area contributed by atoms with E-state index in [1.807, 2.05) is 49.4 Å². The van der Waals surface area contributed by atoms with E-state index in [0.717, 1.165) is 11.3 Å². The van der Waals surface area contributed by atoms with Gasteiger partial charge in [0.05, 0.1) is 5.25 Å². The Labute approximate surface area is 155 Å². The molecule has 128 valence electrons. The van der Waals surface area contributed by atoms with Crippen molar-refractivity contribution in [1.29, 1.82) is 0 Å². The van der Waals surface area contributed by atoms with Gasteiger partial charge in [-0.25, -0.2) is 4.98 Å². The first kappa shape index (κ1) is 17.5. The highest BCUT2D eigenvalue weighted by molar-refractivity contribution is 8.00. The molecule has 1 atom stereocenters. The molecule has 3 rings (SSSR count). The van der Waals surface area contributed by atoms with Crippen molar-refractivity contribution in [2.24, 2.45) is 0 Å². The van der Waals surface area contributed by atoms with Gasteiger partial charge < -0.3 is 4.90 Å². The molecular formula is C18H17ClN4OS. The van der Waals surface area contributed by atoms with Crippen molar-refractivity contribution in [3.05, 3.63) is 59.6 Å². The van der Waals surface area contributed by atoms with E-state index < -0.39 is 0 Å². The first-order valence-electron chi connectivity index (χ1n) is 7.72. The van der Waals surface area contributed by atoms with Crippen LogP contribution < -0.4 is 4.90 Å². The van der Waals surface area contributed by atoms with Gasteiger partial charge in [0.25, 0.3) is 0 Å². The fourth-order valence-corrected chi connectivity index (χ4v) is 3.24. The molecule has 0 fully saturated rings. The topological polar surface area (TPSA) is 61.9 Å². The summed E-state index contributed by atoms with van der Waals surface area (Å²) in [5.41, 5.74) is 1.75. The molecule has 0 aliphatic rings. The van der Waals surface area contributed by atoms with Crippen molar-refractivity contribution in [1.82, 2.24) is 15.2 Å². The van der Waals surface area contributed by atoms with Crippen LogP contribution in [-0.2, 0) is 4.79 Å². The molecule has 1 N–H and O–H groups in total. The highest BCUT2D eigenvalue weighted by Crippen LogP contribution is 2.25. The molecule has 2 aromatic carbocycles. The molecule has 3 aromatic rings. The first-order valence-corrected chi connectivity index (χ1v) is 8.98. The van der Waals surface area contributed by atoms with Crippen molar-refractivity contribution in [2.75, 3.05) is 11.9 Å². The number of carbonyl (C=O) groups is 1. The van der Waals surface area contributed by atoms with E-state index in [1.54, 1.807) is 24.1 Å². The normalized spacial score (nSPS) is 12.0. The number of aromatic nitrogens is 3. The molecule has 0 saturated heterocycles. The molecule has 5 nitrogen and oxygen atoms in total. The summed E-state index contributed by atoms with van der Waals surface area (Å²) in [5.74, 6) is 0.643. The minimum atomic E-state index is -0.306. The smallest absolute Gasteiger partial charge is 0.240 e. The Morgan fingerprint density at radius 3 is 2.52 bits per heavy atom. The number of nitrogens with one attached hydrogen (secondary N) is 1. The van der Waals surface area contributed by atoms with Crippen LogP contribution in [0, 0.1) is 0 Å². The Hall–Kier alpha value is -2.31. The lowest BCUT2D eigenvalue weighted by Crippen LogP contribution is -2.33. The molecule has 1 aromatic heterocycles. The van der Waals surface area contributed by atoms with E-state index in [9.17, 15) is 4.79 Å². The van der Waals surface area contributed by atoms with Crippen LogP contribution in [0.5, 0.6) is 0 Å². The standard InChI is InChI=1S/C18H17ClN4OS/c1-12(17(24)23(2)15-6-4-3-5-7-15)25-18-20-16(21-22-18)13-8-10-14(19)11-9-13/h3-12H,1-2H3,(H,20,21,22). The molecule has 1 amide bonds. The van der Waals surface area contributed by atoms with E-state index in [-0.39, 0.29) is 11.2 Å². The van der Waals surface area contributed by atoms with Crippen molar-refractivity contribution in [3.8, 4) is 11.4 Å². The highest BCUT2D eigenvalue weighted by atomic mass is 35.5. The number of hydrogen-bond acceptors (Lipinski definition) is 4. The molecule has 0 saturated carbocycles. The summed E-state index contributed by atoms with van der Waals surface area (Å²) >= 11 is 7.22. The zero-order valence-electron chi connectivity index (χ0n) is 13.8. The molecule has 0 bridgehead atoms. The van der Waals surface area contributed by atoms with Gasteiger partial charge in [-0.1, -0.05) is 41.6 Å². The van der Waals surface area contributed by atoms with Crippen LogP contribution in [0.25, 0.3) is 11.4 Å². The third-order valence-corrected chi connectivity index (χ3v) is 4.89. The van der Waals surface area contributed by atoms with E-state index in [1.165, 1.54) is 11.8 Å². The average molecular weight is 373 g/mol. The summed E-state index contributed by atoms with van der Waals surface area (Å²) in [6, 6.07) is 16.9. The lowest BCUT2D eigenvalue weighted by atomic mass is 10.2. The fourth-order valence-electron chi connectivity index (χ4n) is 2.30. The lowest BCUT2D eigenvalue weighted by molar-refractivity contribution is -0.117. The van der Waals surface area contributed by atoms with Crippen molar-refractivity contribution in [2.45, 2.75) is 17.3 Å². The third kappa shape index (κ3) is 4.21. The minimum absolute atomic E-state index is 0.00552. The van der Waals surface area contributed by atoms with Crippen LogP contribution in [0.15, 0.2) is 59.8 Å². The van der Waals surface area contributed by atoms with Gasteiger partial charge in [-0.15, -0.1) is 5.10 Å². The Bertz CT molecular complexity index is 851. The quantitative estimate of drug-likeness (QED) is 0.679. The van der Waals surface area contributed by atoms with Crippen molar-refractivity contribution < 1.29 is 4.79 Å². The van der Waals surface area contributed by atoms with E-state index in [2.05, 4.69) is 15.2 Å². The molecular weight excluding hydrogens is 356 g/mol. The number of rotatable bonds is 5. The lowest BCUT2D eigenvalue weighted by Gasteiger charge is -2.20. The first-order chi connectivity index (χ1) is 12.0. The molecule has 0 radical (unpaired) electrons. The number of thioether (sulfide) groups is 1. The number of carbonyl (C=O) groups excluding carboxylic acids is 1. The van der Waals surface area contributed by atoms with Crippen LogP contribution >= 0.6 is 23.4 Å². The van der Waals surface area contributed by atoms with Crippen molar-refractivity contribution >= 4 is 35.0 Å². The van der Waals surface area contributed by atoms with Gasteiger partial charge in [0, 0.05) is 23.3 Å². The van der Waals surface area contributed by atoms with Crippen LogP contribution in [0.1, 0.15) is 6.92 Å². The zero-order chi connectivity index (χ0) is 17.8. The van der Waals surface area contributed by atoms with Gasteiger partial charge >= 0.3 is 0 Å². The number of para-hydroxylation sites is 1. The van der Waals surface area contributed by atoms with Crippen LogP contribution in [0.3, 0.4) is 0 Å². The van der Waals surface area contributed by atoms with Gasteiger partial charge in [-0.2, -0.15) is 0 Å². The number of nitrogens with zero attached hydrogens (tertiary/aromatic N) is 3. The second kappa shape index (κ2) is 7.72. The molecule has 25 heavy (non-hydrogen) atoms. The second-order valence-electron chi connectivity index (χ2n) is 5.47. The minimum Gasteiger partial charge on any atom is -0.315 e. The Morgan fingerprint density at radius 2 is 1.84 bits per heavy atom. The molecule has 0 spiro atoms.